The Morgan fingerprint density at radius 3 is 2.07 bits per heavy atom. The van der Waals surface area contributed by atoms with Crippen LogP contribution >= 0.6 is 0 Å². The van der Waals surface area contributed by atoms with Gasteiger partial charge < -0.3 is 10.6 Å². The summed E-state index contributed by atoms with van der Waals surface area (Å²) in [7, 11) is 0. The highest BCUT2D eigenvalue weighted by atomic mass is 16.1. The summed E-state index contributed by atoms with van der Waals surface area (Å²) in [4.78, 5) is 12.4. The highest BCUT2D eigenvalue weighted by Crippen LogP contribution is 2.23. The second-order valence-corrected chi connectivity index (χ2v) is 7.40. The van der Waals surface area contributed by atoms with E-state index in [2.05, 4.69) is 47.7 Å². The minimum Gasteiger partial charge on any atom is -0.339 e. The molecule has 0 bridgehead atoms. The van der Waals surface area contributed by atoms with Crippen LogP contribution in [0.25, 0.3) is 0 Å². The first-order valence-corrected chi connectivity index (χ1v) is 8.88. The van der Waals surface area contributed by atoms with Gasteiger partial charge in [-0.05, 0) is 59.5 Å². The maximum absolute atomic E-state index is 12.4. The smallest absolute Gasteiger partial charge is 0.276 e. The van der Waals surface area contributed by atoms with E-state index >= 15 is 0 Å². The molecule has 6 nitrogen and oxygen atoms in total. The maximum atomic E-state index is 12.4. The SMILES string of the molecule is CC(C)(C)c1ccc(NC(=O)c2ccc(Nc3ccc(C#N)cc3)nn2)cc1. The molecule has 0 atom stereocenters. The quantitative estimate of drug-likeness (QED) is 0.697. The van der Waals surface area contributed by atoms with Crippen molar-refractivity contribution < 1.29 is 4.79 Å². The lowest BCUT2D eigenvalue weighted by Crippen LogP contribution is -2.15. The predicted octanol–water partition coefficient (Wildman–Crippen LogP) is 4.64. The van der Waals surface area contributed by atoms with E-state index in [1.807, 2.05) is 24.3 Å². The summed E-state index contributed by atoms with van der Waals surface area (Å²) < 4.78 is 0. The second kappa shape index (κ2) is 7.89. The summed E-state index contributed by atoms with van der Waals surface area (Å²) in [5.74, 6) is 0.191. The molecule has 6 heteroatoms. The van der Waals surface area contributed by atoms with Crippen LogP contribution in [0.4, 0.5) is 17.2 Å². The molecule has 2 N–H and O–H groups in total. The van der Waals surface area contributed by atoms with Crippen molar-refractivity contribution in [3.8, 4) is 6.07 Å². The molecule has 0 aliphatic rings. The molecular formula is C22H21N5O. The zero-order valence-electron chi connectivity index (χ0n) is 16.0. The molecule has 140 valence electrons. The number of carbonyl (C=O) groups excluding carboxylic acids is 1. The minimum atomic E-state index is -0.319. The highest BCUT2D eigenvalue weighted by molar-refractivity contribution is 6.02. The van der Waals surface area contributed by atoms with Crippen LogP contribution in [0.3, 0.4) is 0 Å². The van der Waals surface area contributed by atoms with E-state index in [1.54, 1.807) is 36.4 Å². The number of nitrogens with one attached hydrogen (secondary N) is 2. The number of nitriles is 1. The van der Waals surface area contributed by atoms with E-state index in [-0.39, 0.29) is 17.0 Å². The first-order chi connectivity index (χ1) is 13.3. The van der Waals surface area contributed by atoms with Crippen molar-refractivity contribution in [2.75, 3.05) is 10.6 Å². The first kappa shape index (κ1) is 19.1. The van der Waals surface area contributed by atoms with Gasteiger partial charge in [0.25, 0.3) is 5.91 Å². The third-order valence-electron chi connectivity index (χ3n) is 4.19. The van der Waals surface area contributed by atoms with Gasteiger partial charge >= 0.3 is 0 Å². The van der Waals surface area contributed by atoms with Crippen LogP contribution < -0.4 is 10.6 Å². The summed E-state index contributed by atoms with van der Waals surface area (Å²) in [6.07, 6.45) is 0. The number of hydrogen-bond acceptors (Lipinski definition) is 5. The Balaban J connectivity index is 1.64. The van der Waals surface area contributed by atoms with Gasteiger partial charge in [0.05, 0.1) is 11.6 Å². The molecule has 0 fully saturated rings. The number of rotatable bonds is 4. The predicted molar refractivity (Wildman–Crippen MR) is 110 cm³/mol. The lowest BCUT2D eigenvalue weighted by molar-refractivity contribution is 0.102. The number of hydrogen-bond donors (Lipinski definition) is 2. The summed E-state index contributed by atoms with van der Waals surface area (Å²) in [5, 5.41) is 22.8. The molecular weight excluding hydrogens is 350 g/mol. The van der Waals surface area contributed by atoms with E-state index in [4.69, 9.17) is 5.26 Å². The van der Waals surface area contributed by atoms with Crippen molar-refractivity contribution in [3.63, 3.8) is 0 Å². The highest BCUT2D eigenvalue weighted by Gasteiger charge is 2.14. The van der Waals surface area contributed by atoms with E-state index in [9.17, 15) is 4.79 Å². The van der Waals surface area contributed by atoms with Crippen LogP contribution in [-0.4, -0.2) is 16.1 Å². The van der Waals surface area contributed by atoms with Crippen molar-refractivity contribution in [3.05, 3.63) is 77.5 Å². The summed E-state index contributed by atoms with van der Waals surface area (Å²) in [5.41, 5.74) is 3.56. The fraction of sp³-hybridized carbons (Fsp3) is 0.182. The number of carbonyl (C=O) groups is 1. The Morgan fingerprint density at radius 2 is 1.54 bits per heavy atom. The fourth-order valence-electron chi connectivity index (χ4n) is 2.54. The molecule has 3 aromatic rings. The van der Waals surface area contributed by atoms with Gasteiger partial charge in [0, 0.05) is 11.4 Å². The largest absolute Gasteiger partial charge is 0.339 e. The Hall–Kier alpha value is -3.72. The standard InChI is InChI=1S/C22H21N5O/c1-22(2,3)16-6-10-18(11-7-16)25-21(28)19-12-13-20(27-26-19)24-17-8-4-15(14-23)5-9-17/h4-13H,1-3H3,(H,24,27)(H,25,28). The molecule has 28 heavy (non-hydrogen) atoms. The van der Waals surface area contributed by atoms with Crippen LogP contribution in [0, 0.1) is 11.3 Å². The van der Waals surface area contributed by atoms with Crippen LogP contribution in [0.2, 0.25) is 0 Å². The fourth-order valence-corrected chi connectivity index (χ4v) is 2.54. The van der Waals surface area contributed by atoms with Crippen LogP contribution in [-0.2, 0) is 5.41 Å². The normalized spacial score (nSPS) is 10.8. The summed E-state index contributed by atoms with van der Waals surface area (Å²) in [6.45, 7) is 6.43. The number of amides is 1. The van der Waals surface area contributed by atoms with Gasteiger partial charge in [-0.25, -0.2) is 0 Å². The van der Waals surface area contributed by atoms with Gasteiger partial charge in [-0.3, -0.25) is 4.79 Å². The molecule has 2 aromatic carbocycles. The van der Waals surface area contributed by atoms with Crippen LogP contribution in [0.15, 0.2) is 60.7 Å². The number of nitrogens with zero attached hydrogens (tertiary/aromatic N) is 3. The molecule has 0 saturated heterocycles. The molecule has 1 aromatic heterocycles. The average Bonchev–Trinajstić information content (AvgIpc) is 2.69. The van der Waals surface area contributed by atoms with Crippen molar-refractivity contribution in [2.24, 2.45) is 0 Å². The first-order valence-electron chi connectivity index (χ1n) is 8.88. The van der Waals surface area contributed by atoms with Crippen LogP contribution in [0.1, 0.15) is 42.4 Å². The molecule has 0 aliphatic carbocycles. The Kier molecular flexibility index (Phi) is 5.37. The zero-order valence-corrected chi connectivity index (χ0v) is 16.0. The Labute approximate surface area is 164 Å². The zero-order chi connectivity index (χ0) is 20.1. The molecule has 0 saturated carbocycles. The lowest BCUT2D eigenvalue weighted by atomic mass is 9.87. The molecule has 0 aliphatic heterocycles. The number of benzene rings is 2. The minimum absolute atomic E-state index is 0.0613. The molecule has 0 unspecified atom stereocenters. The topological polar surface area (TPSA) is 90.7 Å². The average molecular weight is 371 g/mol. The second-order valence-electron chi connectivity index (χ2n) is 7.40. The van der Waals surface area contributed by atoms with Crippen molar-refractivity contribution in [2.45, 2.75) is 26.2 Å². The van der Waals surface area contributed by atoms with Gasteiger partial charge in [-0.1, -0.05) is 32.9 Å². The van der Waals surface area contributed by atoms with E-state index < -0.39 is 0 Å². The van der Waals surface area contributed by atoms with Crippen LogP contribution in [0.5, 0.6) is 0 Å². The molecule has 1 amide bonds. The Morgan fingerprint density at radius 1 is 0.893 bits per heavy atom. The molecule has 0 spiro atoms. The molecule has 3 rings (SSSR count). The van der Waals surface area contributed by atoms with Gasteiger partial charge in [0.1, 0.15) is 0 Å². The maximum Gasteiger partial charge on any atom is 0.276 e. The van der Waals surface area contributed by atoms with Crippen molar-refractivity contribution in [1.29, 1.82) is 5.26 Å². The Bertz CT molecular complexity index is 995. The molecule has 1 heterocycles. The summed E-state index contributed by atoms with van der Waals surface area (Å²) in [6, 6.07) is 20.1. The number of aromatic nitrogens is 2. The van der Waals surface area contributed by atoms with Gasteiger partial charge in [-0.2, -0.15) is 5.26 Å². The van der Waals surface area contributed by atoms with E-state index in [0.29, 0.717) is 17.1 Å². The third kappa shape index (κ3) is 4.71. The third-order valence-corrected chi connectivity index (χ3v) is 4.19. The van der Waals surface area contributed by atoms with E-state index in [1.165, 1.54) is 5.56 Å². The lowest BCUT2D eigenvalue weighted by Gasteiger charge is -2.19. The number of anilines is 3. The van der Waals surface area contributed by atoms with Gasteiger partial charge in [0.15, 0.2) is 11.5 Å². The van der Waals surface area contributed by atoms with Crippen molar-refractivity contribution >= 4 is 23.1 Å². The van der Waals surface area contributed by atoms with Gasteiger partial charge in [-0.15, -0.1) is 10.2 Å². The summed E-state index contributed by atoms with van der Waals surface area (Å²) >= 11 is 0. The monoisotopic (exact) mass is 371 g/mol. The van der Waals surface area contributed by atoms with Crippen molar-refractivity contribution in [1.82, 2.24) is 10.2 Å². The van der Waals surface area contributed by atoms with E-state index in [0.717, 1.165) is 5.69 Å². The molecule has 0 radical (unpaired) electrons. The van der Waals surface area contributed by atoms with Gasteiger partial charge in [0.2, 0.25) is 0 Å².